The first-order valence-electron chi connectivity index (χ1n) is 5.90. The number of rotatable bonds is 7. The largest absolute Gasteiger partial charge is 0.388 e. The molecular weight excluding hydrogens is 212 g/mol. The third-order valence-corrected chi connectivity index (χ3v) is 2.41. The number of hydrogen-bond acceptors (Lipinski definition) is 3. The van der Waals surface area contributed by atoms with Gasteiger partial charge in [0, 0.05) is 23.9 Å². The van der Waals surface area contributed by atoms with E-state index >= 15 is 0 Å². The zero-order valence-electron chi connectivity index (χ0n) is 10.5. The lowest BCUT2D eigenvalue weighted by atomic mass is 10.1. The Bertz CT molecular complexity index is 371. The molecule has 0 heterocycles. The Kier molecular flexibility index (Phi) is 6.04. The van der Waals surface area contributed by atoms with Crippen LogP contribution in [0.3, 0.4) is 0 Å². The summed E-state index contributed by atoms with van der Waals surface area (Å²) >= 11 is 0. The average molecular weight is 232 g/mol. The van der Waals surface area contributed by atoms with Crippen LogP contribution in [0.25, 0.3) is 0 Å². The van der Waals surface area contributed by atoms with Gasteiger partial charge in [-0.25, -0.2) is 0 Å². The summed E-state index contributed by atoms with van der Waals surface area (Å²) < 4.78 is 0. The second kappa shape index (κ2) is 7.63. The molecule has 3 nitrogen and oxygen atoms in total. The first kappa shape index (κ1) is 13.5. The quantitative estimate of drug-likeness (QED) is 0.429. The van der Waals surface area contributed by atoms with Gasteiger partial charge in [0.25, 0.3) is 0 Å². The van der Waals surface area contributed by atoms with E-state index in [1.54, 1.807) is 6.08 Å². The van der Waals surface area contributed by atoms with Crippen molar-refractivity contribution in [3.63, 3.8) is 0 Å². The van der Waals surface area contributed by atoms with E-state index in [4.69, 9.17) is 0 Å². The molecule has 0 saturated heterocycles. The highest BCUT2D eigenvalue weighted by Crippen LogP contribution is 2.02. The summed E-state index contributed by atoms with van der Waals surface area (Å²) in [6.07, 6.45) is 2.69. The number of ketones is 1. The van der Waals surface area contributed by atoms with Crippen molar-refractivity contribution >= 4 is 5.78 Å². The zero-order valence-corrected chi connectivity index (χ0v) is 10.5. The molecular formula is C14H20N2O. The Balaban J connectivity index is 2.43. The molecule has 0 aromatic heterocycles. The van der Waals surface area contributed by atoms with E-state index in [2.05, 4.69) is 10.6 Å². The predicted molar refractivity (Wildman–Crippen MR) is 71.1 cm³/mol. The summed E-state index contributed by atoms with van der Waals surface area (Å²) in [7, 11) is 1.93. The molecule has 0 aliphatic rings. The Labute approximate surface area is 103 Å². The van der Waals surface area contributed by atoms with Gasteiger partial charge in [-0.2, -0.15) is 0 Å². The Hall–Kier alpha value is -1.61. The number of carbonyl (C=O) groups excluding carboxylic acids is 1. The molecule has 0 fully saturated rings. The normalized spacial score (nSPS) is 11.3. The topological polar surface area (TPSA) is 41.1 Å². The Morgan fingerprint density at radius 1 is 1.24 bits per heavy atom. The van der Waals surface area contributed by atoms with Gasteiger partial charge in [-0.3, -0.25) is 4.79 Å². The maximum atomic E-state index is 11.8. The molecule has 1 aromatic carbocycles. The van der Waals surface area contributed by atoms with Crippen molar-refractivity contribution in [2.75, 3.05) is 20.1 Å². The van der Waals surface area contributed by atoms with Crippen LogP contribution in [0.1, 0.15) is 23.7 Å². The SMILES string of the molecule is CNCCCN/C(C)=C/C(=O)c1ccccc1. The summed E-state index contributed by atoms with van der Waals surface area (Å²) in [5, 5.41) is 6.30. The summed E-state index contributed by atoms with van der Waals surface area (Å²) in [4.78, 5) is 11.8. The molecule has 0 atom stereocenters. The minimum Gasteiger partial charge on any atom is -0.388 e. The van der Waals surface area contributed by atoms with E-state index in [9.17, 15) is 4.79 Å². The van der Waals surface area contributed by atoms with Gasteiger partial charge in [0.15, 0.2) is 5.78 Å². The van der Waals surface area contributed by atoms with Gasteiger partial charge in [-0.1, -0.05) is 30.3 Å². The molecule has 0 aliphatic carbocycles. The maximum absolute atomic E-state index is 11.8. The molecule has 2 N–H and O–H groups in total. The van der Waals surface area contributed by atoms with Gasteiger partial charge in [0.05, 0.1) is 0 Å². The summed E-state index contributed by atoms with van der Waals surface area (Å²) in [6.45, 7) is 3.78. The van der Waals surface area contributed by atoms with E-state index in [0.29, 0.717) is 0 Å². The molecule has 0 aliphatic heterocycles. The molecule has 0 amide bonds. The van der Waals surface area contributed by atoms with Crippen molar-refractivity contribution in [3.8, 4) is 0 Å². The summed E-state index contributed by atoms with van der Waals surface area (Å²) in [6, 6.07) is 9.30. The summed E-state index contributed by atoms with van der Waals surface area (Å²) in [5.74, 6) is 0.0456. The van der Waals surface area contributed by atoms with Gasteiger partial charge >= 0.3 is 0 Å². The van der Waals surface area contributed by atoms with Crippen LogP contribution in [0.15, 0.2) is 42.1 Å². The molecule has 17 heavy (non-hydrogen) atoms. The molecule has 0 bridgehead atoms. The molecule has 0 unspecified atom stereocenters. The third-order valence-electron chi connectivity index (χ3n) is 2.41. The lowest BCUT2D eigenvalue weighted by Gasteiger charge is -2.05. The van der Waals surface area contributed by atoms with Crippen LogP contribution < -0.4 is 10.6 Å². The number of benzene rings is 1. The van der Waals surface area contributed by atoms with Crippen molar-refractivity contribution in [1.29, 1.82) is 0 Å². The van der Waals surface area contributed by atoms with Crippen LogP contribution in [0.2, 0.25) is 0 Å². The van der Waals surface area contributed by atoms with E-state index in [1.807, 2.05) is 44.3 Å². The number of hydrogen-bond donors (Lipinski definition) is 2. The Morgan fingerprint density at radius 3 is 2.59 bits per heavy atom. The van der Waals surface area contributed by atoms with Crippen molar-refractivity contribution in [2.45, 2.75) is 13.3 Å². The minimum absolute atomic E-state index is 0.0456. The first-order chi connectivity index (χ1) is 8.24. The standard InChI is InChI=1S/C14H20N2O/c1-12(16-10-6-9-15-2)11-14(17)13-7-4-3-5-8-13/h3-5,7-8,11,15-16H,6,9-10H2,1-2H3/b12-11+. The van der Waals surface area contributed by atoms with Gasteiger partial charge in [0.1, 0.15) is 0 Å². The summed E-state index contributed by atoms with van der Waals surface area (Å²) in [5.41, 5.74) is 1.64. The van der Waals surface area contributed by atoms with Gasteiger partial charge in [0.2, 0.25) is 0 Å². The fourth-order valence-corrected chi connectivity index (χ4v) is 1.48. The Morgan fingerprint density at radius 2 is 1.94 bits per heavy atom. The highest BCUT2D eigenvalue weighted by Gasteiger charge is 2.01. The minimum atomic E-state index is 0.0456. The van der Waals surface area contributed by atoms with Crippen LogP contribution in [-0.4, -0.2) is 25.9 Å². The van der Waals surface area contributed by atoms with Crippen molar-refractivity contribution in [2.24, 2.45) is 0 Å². The van der Waals surface area contributed by atoms with Crippen LogP contribution in [-0.2, 0) is 0 Å². The lowest BCUT2D eigenvalue weighted by Crippen LogP contribution is -2.18. The highest BCUT2D eigenvalue weighted by atomic mass is 16.1. The molecule has 1 rings (SSSR count). The van der Waals surface area contributed by atoms with Gasteiger partial charge < -0.3 is 10.6 Å². The molecule has 0 saturated carbocycles. The fourth-order valence-electron chi connectivity index (χ4n) is 1.48. The number of allylic oxidation sites excluding steroid dienone is 2. The third kappa shape index (κ3) is 5.31. The van der Waals surface area contributed by atoms with Crippen LogP contribution >= 0.6 is 0 Å². The number of carbonyl (C=O) groups is 1. The van der Waals surface area contributed by atoms with Crippen molar-refractivity contribution in [3.05, 3.63) is 47.7 Å². The second-order valence-corrected chi connectivity index (χ2v) is 3.94. The molecule has 92 valence electrons. The molecule has 3 heteroatoms. The molecule has 0 radical (unpaired) electrons. The highest BCUT2D eigenvalue weighted by molar-refractivity contribution is 6.04. The molecule has 0 spiro atoms. The smallest absolute Gasteiger partial charge is 0.187 e. The first-order valence-corrected chi connectivity index (χ1v) is 5.90. The van der Waals surface area contributed by atoms with Crippen LogP contribution in [0.4, 0.5) is 0 Å². The van der Waals surface area contributed by atoms with Crippen molar-refractivity contribution in [1.82, 2.24) is 10.6 Å². The van der Waals surface area contributed by atoms with E-state index in [-0.39, 0.29) is 5.78 Å². The zero-order chi connectivity index (χ0) is 12.5. The van der Waals surface area contributed by atoms with E-state index in [1.165, 1.54) is 0 Å². The van der Waals surface area contributed by atoms with Crippen LogP contribution in [0.5, 0.6) is 0 Å². The lowest BCUT2D eigenvalue weighted by molar-refractivity contribution is 0.104. The average Bonchev–Trinajstić information content (AvgIpc) is 2.36. The van der Waals surface area contributed by atoms with Crippen LogP contribution in [0, 0.1) is 0 Å². The maximum Gasteiger partial charge on any atom is 0.187 e. The van der Waals surface area contributed by atoms with Gasteiger partial charge in [-0.05, 0) is 26.9 Å². The monoisotopic (exact) mass is 232 g/mol. The van der Waals surface area contributed by atoms with E-state index < -0.39 is 0 Å². The van der Waals surface area contributed by atoms with E-state index in [0.717, 1.165) is 30.8 Å². The molecule has 1 aromatic rings. The van der Waals surface area contributed by atoms with Crippen molar-refractivity contribution < 1.29 is 4.79 Å². The fraction of sp³-hybridized carbons (Fsp3) is 0.357. The van der Waals surface area contributed by atoms with Gasteiger partial charge in [-0.15, -0.1) is 0 Å². The number of nitrogens with one attached hydrogen (secondary N) is 2. The predicted octanol–water partition coefficient (Wildman–Crippen LogP) is 1.97. The second-order valence-electron chi connectivity index (χ2n) is 3.94.